The van der Waals surface area contributed by atoms with Gasteiger partial charge < -0.3 is 9.84 Å². The van der Waals surface area contributed by atoms with E-state index in [1.807, 2.05) is 0 Å². The fourth-order valence-electron chi connectivity index (χ4n) is 1.37. The van der Waals surface area contributed by atoms with Crippen LogP contribution in [0.4, 0.5) is 0 Å². The van der Waals surface area contributed by atoms with Crippen LogP contribution in [0.1, 0.15) is 10.8 Å². The smallest absolute Gasteiger partial charge is 0.255 e. The first-order valence-corrected chi connectivity index (χ1v) is 5.72. The lowest BCUT2D eigenvalue weighted by Crippen LogP contribution is -2.30. The van der Waals surface area contributed by atoms with Crippen molar-refractivity contribution in [1.82, 2.24) is 0 Å². The molecular formula is C12H9N3O2S. The van der Waals surface area contributed by atoms with Gasteiger partial charge in [-0.3, -0.25) is 0 Å². The molecule has 1 unspecified atom stereocenters. The number of nitriles is 3. The molecule has 1 rings (SSSR count). The molecule has 0 spiro atoms. The standard InChI is InChI=1S/C12H9N3O2S/c1-17-10-4-2-9(3-5-10)11(18-8-15)12(16,6-13)7-14/h2-5,11,16H,1H3. The molecule has 0 saturated carbocycles. The number of hydrogen-bond donors (Lipinski definition) is 1. The Morgan fingerprint density at radius 2 is 1.78 bits per heavy atom. The van der Waals surface area contributed by atoms with Gasteiger partial charge in [-0.1, -0.05) is 12.1 Å². The van der Waals surface area contributed by atoms with Crippen molar-refractivity contribution in [1.29, 1.82) is 15.8 Å². The normalized spacial score (nSPS) is 11.7. The Kier molecular flexibility index (Phi) is 4.57. The number of nitrogens with zero attached hydrogens (tertiary/aromatic N) is 3. The fourth-order valence-corrected chi connectivity index (χ4v) is 2.04. The van der Waals surface area contributed by atoms with Crippen molar-refractivity contribution in [2.24, 2.45) is 0 Å². The van der Waals surface area contributed by atoms with E-state index in [0.29, 0.717) is 23.1 Å². The van der Waals surface area contributed by atoms with Crippen molar-refractivity contribution in [3.63, 3.8) is 0 Å². The molecule has 0 radical (unpaired) electrons. The van der Waals surface area contributed by atoms with E-state index in [2.05, 4.69) is 0 Å². The molecule has 1 N–H and O–H groups in total. The zero-order valence-electron chi connectivity index (χ0n) is 9.49. The molecule has 18 heavy (non-hydrogen) atoms. The number of methoxy groups -OCH3 is 1. The minimum Gasteiger partial charge on any atom is -0.497 e. The summed E-state index contributed by atoms with van der Waals surface area (Å²) in [7, 11) is 1.51. The van der Waals surface area contributed by atoms with Gasteiger partial charge in [-0.25, -0.2) is 0 Å². The Labute approximate surface area is 109 Å². The van der Waals surface area contributed by atoms with Crippen LogP contribution in [-0.2, 0) is 0 Å². The van der Waals surface area contributed by atoms with E-state index >= 15 is 0 Å². The Hall–Kier alpha value is -2.20. The second kappa shape index (κ2) is 5.93. The highest BCUT2D eigenvalue weighted by Gasteiger charge is 2.39. The topological polar surface area (TPSA) is 101 Å². The van der Waals surface area contributed by atoms with E-state index in [4.69, 9.17) is 20.5 Å². The second-order valence-electron chi connectivity index (χ2n) is 3.35. The average Bonchev–Trinajstić information content (AvgIpc) is 2.44. The highest BCUT2D eigenvalue weighted by molar-refractivity contribution is 8.04. The van der Waals surface area contributed by atoms with E-state index in [1.165, 1.54) is 19.2 Å². The molecular weight excluding hydrogens is 250 g/mol. The SMILES string of the molecule is COc1ccc(C(SC#N)C(O)(C#N)C#N)cc1. The third kappa shape index (κ3) is 2.73. The number of thioether (sulfide) groups is 1. The number of ether oxygens (including phenoxy) is 1. The lowest BCUT2D eigenvalue weighted by atomic mass is 9.96. The first kappa shape index (κ1) is 13.9. The molecule has 0 aliphatic rings. The Morgan fingerprint density at radius 1 is 1.22 bits per heavy atom. The molecule has 0 aliphatic heterocycles. The zero-order chi connectivity index (χ0) is 13.6. The second-order valence-corrected chi connectivity index (χ2v) is 4.24. The average molecular weight is 259 g/mol. The summed E-state index contributed by atoms with van der Waals surface area (Å²) in [6.45, 7) is 0. The molecule has 6 heteroatoms. The summed E-state index contributed by atoms with van der Waals surface area (Å²) >= 11 is 0.669. The summed E-state index contributed by atoms with van der Waals surface area (Å²) in [4.78, 5) is 0. The van der Waals surface area contributed by atoms with Crippen molar-refractivity contribution in [2.45, 2.75) is 10.9 Å². The van der Waals surface area contributed by atoms with Gasteiger partial charge in [-0.2, -0.15) is 15.8 Å². The largest absolute Gasteiger partial charge is 0.497 e. The van der Waals surface area contributed by atoms with Gasteiger partial charge in [-0.15, -0.1) is 0 Å². The van der Waals surface area contributed by atoms with Crippen LogP contribution in [-0.4, -0.2) is 17.8 Å². The van der Waals surface area contributed by atoms with Gasteiger partial charge in [0.05, 0.1) is 7.11 Å². The van der Waals surface area contributed by atoms with Crippen molar-refractivity contribution in [3.8, 4) is 23.3 Å². The molecule has 1 atom stereocenters. The van der Waals surface area contributed by atoms with Gasteiger partial charge in [0.2, 0.25) is 0 Å². The van der Waals surface area contributed by atoms with Crippen LogP contribution in [0, 0.1) is 33.3 Å². The monoisotopic (exact) mass is 259 g/mol. The number of aliphatic hydroxyl groups is 1. The summed E-state index contributed by atoms with van der Waals surface area (Å²) < 4.78 is 4.98. The number of hydrogen-bond acceptors (Lipinski definition) is 6. The van der Waals surface area contributed by atoms with Crippen LogP contribution in [0.25, 0.3) is 0 Å². The molecule has 0 fully saturated rings. The Morgan fingerprint density at radius 3 is 2.17 bits per heavy atom. The lowest BCUT2D eigenvalue weighted by molar-refractivity contribution is 0.155. The van der Waals surface area contributed by atoms with E-state index in [1.54, 1.807) is 29.7 Å². The highest BCUT2D eigenvalue weighted by Crippen LogP contribution is 2.38. The molecule has 1 aromatic carbocycles. The lowest BCUT2D eigenvalue weighted by Gasteiger charge is -2.21. The molecule has 1 aromatic rings. The van der Waals surface area contributed by atoms with Crippen LogP contribution in [0.15, 0.2) is 24.3 Å². The predicted molar refractivity (Wildman–Crippen MR) is 65.1 cm³/mol. The van der Waals surface area contributed by atoms with Gasteiger partial charge in [0, 0.05) is 0 Å². The highest BCUT2D eigenvalue weighted by atomic mass is 32.2. The maximum absolute atomic E-state index is 9.87. The van der Waals surface area contributed by atoms with Crippen LogP contribution >= 0.6 is 11.8 Å². The summed E-state index contributed by atoms with van der Waals surface area (Å²) in [5.74, 6) is 0.608. The quantitative estimate of drug-likeness (QED) is 0.652. The minimum absolute atomic E-state index is 0.507. The van der Waals surface area contributed by atoms with Crippen molar-refractivity contribution < 1.29 is 9.84 Å². The zero-order valence-corrected chi connectivity index (χ0v) is 10.3. The number of thiocyanates is 1. The molecule has 0 aromatic heterocycles. The van der Waals surface area contributed by atoms with Crippen molar-refractivity contribution in [3.05, 3.63) is 29.8 Å². The Bertz CT molecular complexity index is 522. The molecule has 5 nitrogen and oxygen atoms in total. The third-order valence-corrected chi connectivity index (χ3v) is 3.26. The van der Waals surface area contributed by atoms with Gasteiger partial charge in [0.1, 0.15) is 28.5 Å². The van der Waals surface area contributed by atoms with E-state index in [9.17, 15) is 5.11 Å². The number of rotatable bonds is 4. The molecule has 0 aliphatic carbocycles. The van der Waals surface area contributed by atoms with Crippen LogP contribution < -0.4 is 4.74 Å². The molecule has 0 saturated heterocycles. The fraction of sp³-hybridized carbons (Fsp3) is 0.250. The first-order chi connectivity index (χ1) is 8.61. The predicted octanol–water partition coefficient (Wildman–Crippen LogP) is 1.73. The van der Waals surface area contributed by atoms with Crippen LogP contribution in [0.2, 0.25) is 0 Å². The Balaban J connectivity index is 3.18. The van der Waals surface area contributed by atoms with Crippen molar-refractivity contribution >= 4 is 11.8 Å². The van der Waals surface area contributed by atoms with E-state index in [0.717, 1.165) is 0 Å². The summed E-state index contributed by atoms with van der Waals surface area (Å²) in [5, 5.41) is 37.2. The van der Waals surface area contributed by atoms with Crippen molar-refractivity contribution in [2.75, 3.05) is 7.11 Å². The van der Waals surface area contributed by atoms with Gasteiger partial charge in [0.25, 0.3) is 5.60 Å². The van der Waals surface area contributed by atoms with Gasteiger partial charge in [0.15, 0.2) is 0 Å². The molecule has 0 heterocycles. The minimum atomic E-state index is -2.24. The van der Waals surface area contributed by atoms with Gasteiger partial charge >= 0.3 is 0 Å². The van der Waals surface area contributed by atoms with E-state index < -0.39 is 10.9 Å². The van der Waals surface area contributed by atoms with Crippen LogP contribution in [0.5, 0.6) is 5.75 Å². The molecule has 0 bridgehead atoms. The number of benzene rings is 1. The maximum Gasteiger partial charge on any atom is 0.255 e. The summed E-state index contributed by atoms with van der Waals surface area (Å²) in [5.41, 5.74) is -1.73. The summed E-state index contributed by atoms with van der Waals surface area (Å²) in [6.07, 6.45) is 0. The van der Waals surface area contributed by atoms with Gasteiger partial charge in [-0.05, 0) is 29.5 Å². The maximum atomic E-state index is 9.87. The van der Waals surface area contributed by atoms with Crippen LogP contribution in [0.3, 0.4) is 0 Å². The summed E-state index contributed by atoms with van der Waals surface area (Å²) in [6, 6.07) is 9.54. The third-order valence-electron chi connectivity index (χ3n) is 2.31. The first-order valence-electron chi connectivity index (χ1n) is 4.85. The molecule has 0 amide bonds. The molecule has 90 valence electrons. The van der Waals surface area contributed by atoms with E-state index in [-0.39, 0.29) is 0 Å².